The molecule has 1 saturated heterocycles. The maximum absolute atomic E-state index is 4.07. The molecule has 1 fully saturated rings. The molecule has 1 aliphatic heterocycles. The minimum Gasteiger partial charge on any atom is -0.369 e. The average molecular weight is 176 g/mol. The van der Waals surface area contributed by atoms with Crippen molar-refractivity contribution in [2.75, 3.05) is 31.1 Å². The standard InChI is InChI=1S/C10H14N3/c1-3-10(9-12-4-1)13-7-2-5-11-6-8-13/h3-4,9,11H,2,5-8H2. The van der Waals surface area contributed by atoms with Crippen LogP contribution in [0.5, 0.6) is 0 Å². The van der Waals surface area contributed by atoms with Crippen molar-refractivity contribution in [3.05, 3.63) is 24.5 Å². The van der Waals surface area contributed by atoms with Gasteiger partial charge in [-0.1, -0.05) is 0 Å². The Morgan fingerprint density at radius 3 is 3.23 bits per heavy atom. The summed E-state index contributed by atoms with van der Waals surface area (Å²) in [6, 6.07) is 5.00. The first-order valence-corrected chi connectivity index (χ1v) is 4.73. The lowest BCUT2D eigenvalue weighted by atomic mass is 10.3. The van der Waals surface area contributed by atoms with E-state index in [2.05, 4.69) is 21.3 Å². The van der Waals surface area contributed by atoms with E-state index >= 15 is 0 Å². The molecule has 2 heterocycles. The van der Waals surface area contributed by atoms with E-state index in [-0.39, 0.29) is 0 Å². The van der Waals surface area contributed by atoms with Crippen molar-refractivity contribution in [1.29, 1.82) is 0 Å². The van der Waals surface area contributed by atoms with Gasteiger partial charge in [-0.15, -0.1) is 0 Å². The number of aromatic nitrogens is 1. The zero-order valence-corrected chi connectivity index (χ0v) is 7.66. The Labute approximate surface area is 78.8 Å². The molecule has 13 heavy (non-hydrogen) atoms. The lowest BCUT2D eigenvalue weighted by molar-refractivity contribution is 0.724. The SMILES string of the molecule is [c]1cncc(N2CCCNCC2)c1. The predicted molar refractivity (Wildman–Crippen MR) is 52.8 cm³/mol. The first-order valence-electron chi connectivity index (χ1n) is 4.73. The molecule has 1 aromatic heterocycles. The molecular formula is C10H14N3. The molecule has 0 bridgehead atoms. The number of hydrogen-bond acceptors (Lipinski definition) is 3. The van der Waals surface area contributed by atoms with E-state index in [4.69, 9.17) is 0 Å². The summed E-state index contributed by atoms with van der Waals surface area (Å²) in [4.78, 5) is 6.42. The van der Waals surface area contributed by atoms with Gasteiger partial charge in [0.15, 0.2) is 0 Å². The van der Waals surface area contributed by atoms with Crippen LogP contribution in [0.25, 0.3) is 0 Å². The van der Waals surface area contributed by atoms with Crippen molar-refractivity contribution in [3.8, 4) is 0 Å². The first kappa shape index (κ1) is 8.51. The van der Waals surface area contributed by atoms with Crippen molar-refractivity contribution in [2.24, 2.45) is 0 Å². The van der Waals surface area contributed by atoms with Gasteiger partial charge >= 0.3 is 0 Å². The summed E-state index contributed by atoms with van der Waals surface area (Å²) in [5, 5.41) is 3.37. The Balaban J connectivity index is 2.06. The summed E-state index contributed by atoms with van der Waals surface area (Å²) < 4.78 is 0. The zero-order valence-electron chi connectivity index (χ0n) is 7.66. The molecule has 0 amide bonds. The Morgan fingerprint density at radius 1 is 1.38 bits per heavy atom. The molecule has 0 aromatic carbocycles. The van der Waals surface area contributed by atoms with E-state index in [0.717, 1.165) is 26.2 Å². The largest absolute Gasteiger partial charge is 0.369 e. The summed E-state index contributed by atoms with van der Waals surface area (Å²) in [6.45, 7) is 4.38. The second kappa shape index (κ2) is 4.23. The number of hydrogen-bond donors (Lipinski definition) is 1. The van der Waals surface area contributed by atoms with Gasteiger partial charge in [0, 0.05) is 31.9 Å². The highest BCUT2D eigenvalue weighted by Crippen LogP contribution is 2.11. The number of anilines is 1. The molecule has 1 aromatic rings. The molecule has 0 unspecified atom stereocenters. The van der Waals surface area contributed by atoms with E-state index in [1.54, 1.807) is 6.20 Å². The number of rotatable bonds is 1. The molecule has 69 valence electrons. The summed E-state index contributed by atoms with van der Waals surface area (Å²) >= 11 is 0. The van der Waals surface area contributed by atoms with Crippen molar-refractivity contribution in [2.45, 2.75) is 6.42 Å². The van der Waals surface area contributed by atoms with Crippen LogP contribution in [0.1, 0.15) is 6.42 Å². The third kappa shape index (κ3) is 2.18. The van der Waals surface area contributed by atoms with Gasteiger partial charge in [0.05, 0.1) is 11.9 Å². The quantitative estimate of drug-likeness (QED) is 0.682. The van der Waals surface area contributed by atoms with Crippen molar-refractivity contribution in [1.82, 2.24) is 10.3 Å². The third-order valence-electron chi connectivity index (χ3n) is 2.29. The molecule has 0 saturated carbocycles. The van der Waals surface area contributed by atoms with Crippen LogP contribution in [-0.4, -0.2) is 31.2 Å². The van der Waals surface area contributed by atoms with E-state index in [0.29, 0.717) is 0 Å². The van der Waals surface area contributed by atoms with Gasteiger partial charge in [0.25, 0.3) is 0 Å². The molecule has 1 N–H and O–H groups in total. The number of nitrogens with zero attached hydrogens (tertiary/aromatic N) is 2. The minimum atomic E-state index is 1.06. The molecule has 3 heteroatoms. The van der Waals surface area contributed by atoms with Crippen LogP contribution in [0, 0.1) is 6.07 Å². The monoisotopic (exact) mass is 176 g/mol. The molecule has 2 rings (SSSR count). The zero-order chi connectivity index (χ0) is 8.93. The summed E-state index contributed by atoms with van der Waals surface area (Å²) in [5.74, 6) is 0. The molecule has 0 atom stereocenters. The molecule has 0 aliphatic carbocycles. The first-order chi connectivity index (χ1) is 6.47. The molecule has 3 nitrogen and oxygen atoms in total. The normalized spacial score (nSPS) is 18.3. The predicted octanol–water partition coefficient (Wildman–Crippen LogP) is 0.681. The van der Waals surface area contributed by atoms with E-state index in [1.165, 1.54) is 12.1 Å². The highest BCUT2D eigenvalue weighted by molar-refractivity contribution is 5.43. The Kier molecular flexibility index (Phi) is 2.77. The van der Waals surface area contributed by atoms with E-state index in [9.17, 15) is 0 Å². The van der Waals surface area contributed by atoms with Crippen LogP contribution in [-0.2, 0) is 0 Å². The van der Waals surface area contributed by atoms with E-state index in [1.807, 2.05) is 12.3 Å². The van der Waals surface area contributed by atoms with Crippen LogP contribution in [0.4, 0.5) is 5.69 Å². The second-order valence-corrected chi connectivity index (χ2v) is 3.23. The van der Waals surface area contributed by atoms with Crippen LogP contribution in [0.3, 0.4) is 0 Å². The summed E-state index contributed by atoms with van der Waals surface area (Å²) in [7, 11) is 0. The fourth-order valence-corrected chi connectivity index (χ4v) is 1.59. The summed E-state index contributed by atoms with van der Waals surface area (Å²) in [6.07, 6.45) is 4.80. The fourth-order valence-electron chi connectivity index (χ4n) is 1.59. The molecule has 0 spiro atoms. The third-order valence-corrected chi connectivity index (χ3v) is 2.29. The Morgan fingerprint density at radius 2 is 2.38 bits per heavy atom. The second-order valence-electron chi connectivity index (χ2n) is 3.23. The lowest BCUT2D eigenvalue weighted by Crippen LogP contribution is -2.27. The molecule has 1 aliphatic rings. The van der Waals surface area contributed by atoms with Crippen LogP contribution in [0.2, 0.25) is 0 Å². The Bertz CT molecular complexity index is 240. The van der Waals surface area contributed by atoms with Crippen molar-refractivity contribution >= 4 is 5.69 Å². The number of pyridine rings is 1. The maximum atomic E-state index is 4.07. The fraction of sp³-hybridized carbons (Fsp3) is 0.500. The summed E-state index contributed by atoms with van der Waals surface area (Å²) in [5.41, 5.74) is 1.19. The van der Waals surface area contributed by atoms with Gasteiger partial charge in [-0.25, -0.2) is 0 Å². The smallest absolute Gasteiger partial charge is 0.0559 e. The molecule has 1 radical (unpaired) electrons. The minimum absolute atomic E-state index is 1.06. The topological polar surface area (TPSA) is 28.2 Å². The van der Waals surface area contributed by atoms with Gasteiger partial charge < -0.3 is 10.2 Å². The Hall–Kier alpha value is -1.09. The van der Waals surface area contributed by atoms with Gasteiger partial charge in [0.2, 0.25) is 0 Å². The van der Waals surface area contributed by atoms with Gasteiger partial charge in [-0.2, -0.15) is 0 Å². The molecular weight excluding hydrogens is 162 g/mol. The number of nitrogens with one attached hydrogen (secondary N) is 1. The lowest BCUT2D eigenvalue weighted by Gasteiger charge is -2.21. The van der Waals surface area contributed by atoms with Crippen LogP contribution >= 0.6 is 0 Å². The van der Waals surface area contributed by atoms with Crippen molar-refractivity contribution in [3.63, 3.8) is 0 Å². The van der Waals surface area contributed by atoms with Gasteiger partial charge in [-0.05, 0) is 19.0 Å². The van der Waals surface area contributed by atoms with Crippen LogP contribution < -0.4 is 10.2 Å². The van der Waals surface area contributed by atoms with Gasteiger partial charge in [0.1, 0.15) is 0 Å². The highest BCUT2D eigenvalue weighted by Gasteiger charge is 2.08. The van der Waals surface area contributed by atoms with Crippen LogP contribution in [0.15, 0.2) is 18.5 Å². The maximum Gasteiger partial charge on any atom is 0.0559 e. The van der Waals surface area contributed by atoms with Crippen molar-refractivity contribution < 1.29 is 0 Å². The highest BCUT2D eigenvalue weighted by atomic mass is 15.2. The van der Waals surface area contributed by atoms with Gasteiger partial charge in [-0.3, -0.25) is 4.98 Å². The average Bonchev–Trinajstić information content (AvgIpc) is 2.47. The van der Waals surface area contributed by atoms with E-state index < -0.39 is 0 Å².